The monoisotopic (exact) mass is 367 g/mol. The van der Waals surface area contributed by atoms with E-state index in [2.05, 4.69) is 29.3 Å². The largest absolute Gasteiger partial charge is 0.497 e. The summed E-state index contributed by atoms with van der Waals surface area (Å²) in [5, 5.41) is 17.5. The zero-order valence-electron chi connectivity index (χ0n) is 15.8. The van der Waals surface area contributed by atoms with Crippen molar-refractivity contribution >= 4 is 5.69 Å². The minimum atomic E-state index is -0.561. The predicted octanol–water partition coefficient (Wildman–Crippen LogP) is 4.58. The molecule has 0 bridgehead atoms. The van der Waals surface area contributed by atoms with E-state index in [1.165, 1.54) is 0 Å². The number of benzene rings is 2. The van der Waals surface area contributed by atoms with E-state index >= 15 is 0 Å². The van der Waals surface area contributed by atoms with Crippen molar-refractivity contribution in [3.8, 4) is 28.6 Å². The minimum absolute atomic E-state index is 0.228. The number of aliphatic hydroxyl groups is 1. The highest BCUT2D eigenvalue weighted by molar-refractivity contribution is 5.63. The summed E-state index contributed by atoms with van der Waals surface area (Å²) in [6.45, 7) is 4.16. The second-order valence-corrected chi connectivity index (χ2v) is 6.40. The number of anilines is 1. The first kappa shape index (κ1) is 18.9. The van der Waals surface area contributed by atoms with E-state index in [1.54, 1.807) is 7.11 Å². The third-order valence-electron chi connectivity index (χ3n) is 4.70. The normalized spacial score (nSPS) is 12.2. The molecule has 27 heavy (non-hydrogen) atoms. The van der Waals surface area contributed by atoms with Gasteiger partial charge in [-0.05, 0) is 49.2 Å². The van der Waals surface area contributed by atoms with Gasteiger partial charge < -0.3 is 19.7 Å². The Morgan fingerprint density at radius 1 is 1.07 bits per heavy atom. The van der Waals surface area contributed by atoms with Gasteiger partial charge in [-0.2, -0.15) is 4.98 Å². The molecule has 6 nitrogen and oxygen atoms in total. The molecule has 0 fully saturated rings. The number of methoxy groups -OCH3 is 1. The number of ether oxygens (including phenoxy) is 1. The topological polar surface area (TPSA) is 80.4 Å². The Morgan fingerprint density at radius 3 is 2.48 bits per heavy atom. The summed E-state index contributed by atoms with van der Waals surface area (Å²) in [6.07, 6.45) is 1.30. The van der Waals surface area contributed by atoms with Gasteiger partial charge in [0.1, 0.15) is 12.0 Å². The molecule has 6 heteroatoms. The summed E-state index contributed by atoms with van der Waals surface area (Å²) >= 11 is 0. The second kappa shape index (κ2) is 8.68. The summed E-state index contributed by atoms with van der Waals surface area (Å²) in [4.78, 5) is 4.47. The van der Waals surface area contributed by atoms with E-state index < -0.39 is 6.23 Å². The molecule has 142 valence electrons. The van der Waals surface area contributed by atoms with E-state index in [9.17, 15) is 5.11 Å². The molecule has 0 amide bonds. The zero-order chi connectivity index (χ0) is 19.2. The van der Waals surface area contributed by atoms with Crippen LogP contribution in [0.15, 0.2) is 53.1 Å². The number of aromatic nitrogens is 2. The van der Waals surface area contributed by atoms with E-state index in [0.29, 0.717) is 11.7 Å². The average molecular weight is 367 g/mol. The summed E-state index contributed by atoms with van der Waals surface area (Å²) in [6, 6.07) is 15.1. The molecule has 0 saturated heterocycles. The van der Waals surface area contributed by atoms with E-state index in [0.717, 1.165) is 35.4 Å². The molecule has 0 spiro atoms. The molecule has 1 heterocycles. The van der Waals surface area contributed by atoms with Crippen LogP contribution in [0.2, 0.25) is 0 Å². The second-order valence-electron chi connectivity index (χ2n) is 6.40. The van der Waals surface area contributed by atoms with Gasteiger partial charge in [0.15, 0.2) is 0 Å². The standard InChI is InChI=1S/C21H25N3O3/c1-4-14(5-2)20(25)22-17-11-9-15(10-12-17)21-23-19(24-27-21)16-7-6-8-18(13-16)26-3/h6-14,20,22,25H,4-5H2,1-3H3. The maximum atomic E-state index is 10.3. The summed E-state index contributed by atoms with van der Waals surface area (Å²) in [5.41, 5.74) is 2.50. The Kier molecular flexibility index (Phi) is 6.08. The van der Waals surface area contributed by atoms with Crippen molar-refractivity contribution in [1.82, 2.24) is 10.1 Å². The van der Waals surface area contributed by atoms with Crippen molar-refractivity contribution in [2.24, 2.45) is 5.92 Å². The van der Waals surface area contributed by atoms with Gasteiger partial charge in [0, 0.05) is 22.7 Å². The molecule has 2 aromatic carbocycles. The van der Waals surface area contributed by atoms with Crippen molar-refractivity contribution in [3.63, 3.8) is 0 Å². The molecule has 0 aliphatic carbocycles. The lowest BCUT2D eigenvalue weighted by Gasteiger charge is -2.22. The third-order valence-corrected chi connectivity index (χ3v) is 4.70. The van der Waals surface area contributed by atoms with Gasteiger partial charge in [-0.3, -0.25) is 0 Å². The lowest BCUT2D eigenvalue weighted by molar-refractivity contribution is 0.129. The lowest BCUT2D eigenvalue weighted by atomic mass is 10.0. The highest BCUT2D eigenvalue weighted by Gasteiger charge is 2.15. The molecule has 0 saturated carbocycles. The van der Waals surface area contributed by atoms with Crippen LogP contribution in [-0.2, 0) is 0 Å². The summed E-state index contributed by atoms with van der Waals surface area (Å²) in [5.74, 6) is 1.92. The van der Waals surface area contributed by atoms with Crippen LogP contribution in [0.5, 0.6) is 5.75 Å². The van der Waals surface area contributed by atoms with Crippen LogP contribution < -0.4 is 10.1 Å². The average Bonchev–Trinajstić information content (AvgIpc) is 3.20. The molecular weight excluding hydrogens is 342 g/mol. The van der Waals surface area contributed by atoms with E-state index in [4.69, 9.17) is 9.26 Å². The van der Waals surface area contributed by atoms with Gasteiger partial charge in [0.05, 0.1) is 7.11 Å². The van der Waals surface area contributed by atoms with Gasteiger partial charge in [0.2, 0.25) is 5.82 Å². The number of aliphatic hydroxyl groups excluding tert-OH is 1. The van der Waals surface area contributed by atoms with Gasteiger partial charge in [-0.1, -0.05) is 31.1 Å². The first-order valence-corrected chi connectivity index (χ1v) is 9.17. The summed E-state index contributed by atoms with van der Waals surface area (Å²) < 4.78 is 10.6. The van der Waals surface area contributed by atoms with Crippen molar-refractivity contribution in [1.29, 1.82) is 0 Å². The van der Waals surface area contributed by atoms with Crippen LogP contribution in [0.4, 0.5) is 5.69 Å². The fourth-order valence-corrected chi connectivity index (χ4v) is 2.95. The van der Waals surface area contributed by atoms with Crippen molar-refractivity contribution in [2.45, 2.75) is 32.9 Å². The smallest absolute Gasteiger partial charge is 0.258 e. The Labute approximate surface area is 159 Å². The van der Waals surface area contributed by atoms with Crippen LogP contribution in [-0.4, -0.2) is 28.6 Å². The number of rotatable bonds is 8. The van der Waals surface area contributed by atoms with E-state index in [-0.39, 0.29) is 5.92 Å². The highest BCUT2D eigenvalue weighted by atomic mass is 16.5. The van der Waals surface area contributed by atoms with Crippen LogP contribution in [0, 0.1) is 5.92 Å². The van der Waals surface area contributed by atoms with Crippen molar-refractivity contribution in [2.75, 3.05) is 12.4 Å². The molecule has 1 unspecified atom stereocenters. The van der Waals surface area contributed by atoms with Crippen LogP contribution in [0.1, 0.15) is 26.7 Å². The number of nitrogens with one attached hydrogen (secondary N) is 1. The molecule has 1 atom stereocenters. The Bertz CT molecular complexity index is 857. The maximum absolute atomic E-state index is 10.3. The molecule has 0 aliphatic heterocycles. The van der Waals surface area contributed by atoms with Crippen molar-refractivity contribution < 1.29 is 14.4 Å². The lowest BCUT2D eigenvalue weighted by Crippen LogP contribution is -2.27. The highest BCUT2D eigenvalue weighted by Crippen LogP contribution is 2.26. The number of nitrogens with zero attached hydrogens (tertiary/aromatic N) is 2. The Morgan fingerprint density at radius 2 is 1.81 bits per heavy atom. The van der Waals surface area contributed by atoms with Gasteiger partial charge in [-0.25, -0.2) is 0 Å². The number of hydrogen-bond donors (Lipinski definition) is 2. The molecular formula is C21H25N3O3. The molecule has 0 radical (unpaired) electrons. The first-order valence-electron chi connectivity index (χ1n) is 9.17. The Balaban J connectivity index is 1.73. The van der Waals surface area contributed by atoms with Gasteiger partial charge in [-0.15, -0.1) is 0 Å². The van der Waals surface area contributed by atoms with Crippen molar-refractivity contribution in [3.05, 3.63) is 48.5 Å². The minimum Gasteiger partial charge on any atom is -0.497 e. The van der Waals surface area contributed by atoms with Gasteiger partial charge in [0.25, 0.3) is 5.89 Å². The maximum Gasteiger partial charge on any atom is 0.258 e. The van der Waals surface area contributed by atoms with E-state index in [1.807, 2.05) is 48.5 Å². The fourth-order valence-electron chi connectivity index (χ4n) is 2.95. The molecule has 3 rings (SSSR count). The predicted molar refractivity (Wildman–Crippen MR) is 105 cm³/mol. The van der Waals surface area contributed by atoms with Crippen LogP contribution >= 0.6 is 0 Å². The third kappa shape index (κ3) is 4.46. The molecule has 2 N–H and O–H groups in total. The molecule has 1 aromatic heterocycles. The van der Waals surface area contributed by atoms with Crippen LogP contribution in [0.25, 0.3) is 22.8 Å². The Hall–Kier alpha value is -2.86. The fraction of sp³-hybridized carbons (Fsp3) is 0.333. The molecule has 3 aromatic rings. The first-order chi connectivity index (χ1) is 13.1. The summed E-state index contributed by atoms with van der Waals surface area (Å²) in [7, 11) is 1.62. The SMILES string of the molecule is CCC(CC)C(O)Nc1ccc(-c2nc(-c3cccc(OC)c3)no2)cc1. The van der Waals surface area contributed by atoms with Gasteiger partial charge >= 0.3 is 0 Å². The quantitative estimate of drug-likeness (QED) is 0.567. The van der Waals surface area contributed by atoms with Crippen LogP contribution in [0.3, 0.4) is 0 Å². The zero-order valence-corrected chi connectivity index (χ0v) is 15.8. The number of hydrogen-bond acceptors (Lipinski definition) is 6. The molecule has 0 aliphatic rings.